The van der Waals surface area contributed by atoms with Crippen molar-refractivity contribution in [2.75, 3.05) is 7.11 Å². The lowest BCUT2D eigenvalue weighted by atomic mass is 9.59. The Bertz CT molecular complexity index is 739. The molecule has 0 unspecified atom stereocenters. The van der Waals surface area contributed by atoms with Crippen LogP contribution in [0.4, 0.5) is 0 Å². The molecule has 0 heterocycles. The summed E-state index contributed by atoms with van der Waals surface area (Å²) in [6.07, 6.45) is 13.7. The van der Waals surface area contributed by atoms with E-state index in [4.69, 9.17) is 9.47 Å². The van der Waals surface area contributed by atoms with Crippen molar-refractivity contribution < 1.29 is 9.47 Å². The van der Waals surface area contributed by atoms with Gasteiger partial charge in [0.25, 0.3) is 0 Å². The summed E-state index contributed by atoms with van der Waals surface area (Å²) in [6.45, 7) is 8.89. The van der Waals surface area contributed by atoms with Crippen LogP contribution >= 0.6 is 0 Å². The van der Waals surface area contributed by atoms with E-state index in [1.54, 1.807) is 7.11 Å². The van der Waals surface area contributed by atoms with E-state index in [1.807, 2.05) is 0 Å². The van der Waals surface area contributed by atoms with Gasteiger partial charge < -0.3 is 9.47 Å². The number of methoxy groups -OCH3 is 1. The van der Waals surface area contributed by atoms with Crippen LogP contribution in [-0.4, -0.2) is 18.8 Å². The first kappa shape index (κ1) is 17.9. The number of ether oxygens (including phenoxy) is 2. The van der Waals surface area contributed by atoms with Gasteiger partial charge in [0.15, 0.2) is 0 Å². The van der Waals surface area contributed by atoms with Crippen molar-refractivity contribution in [2.45, 2.75) is 64.6 Å². The van der Waals surface area contributed by atoms with E-state index in [2.05, 4.69) is 70.2 Å². The topological polar surface area (TPSA) is 18.5 Å². The Morgan fingerprint density at radius 3 is 2.65 bits per heavy atom. The van der Waals surface area contributed by atoms with E-state index < -0.39 is 0 Å². The molecule has 0 radical (unpaired) electrons. The van der Waals surface area contributed by atoms with E-state index in [1.165, 1.54) is 24.0 Å². The summed E-state index contributed by atoms with van der Waals surface area (Å²) < 4.78 is 12.0. The molecule has 3 aliphatic rings. The van der Waals surface area contributed by atoms with Crippen molar-refractivity contribution in [2.24, 2.45) is 17.3 Å². The third kappa shape index (κ3) is 2.74. The second-order valence-electron chi connectivity index (χ2n) is 9.18. The largest absolute Gasteiger partial charge is 0.497 e. The molecule has 4 rings (SSSR count). The molecule has 0 saturated heterocycles. The van der Waals surface area contributed by atoms with Gasteiger partial charge in [-0.25, -0.2) is 0 Å². The predicted molar refractivity (Wildman–Crippen MR) is 107 cm³/mol. The van der Waals surface area contributed by atoms with Gasteiger partial charge in [0.05, 0.1) is 18.8 Å². The second-order valence-corrected chi connectivity index (χ2v) is 9.18. The maximum absolute atomic E-state index is 6.55. The van der Waals surface area contributed by atoms with Gasteiger partial charge in [-0.2, -0.15) is 0 Å². The van der Waals surface area contributed by atoms with Gasteiger partial charge in [0.2, 0.25) is 0 Å². The third-order valence-corrected chi connectivity index (χ3v) is 6.78. The molecule has 0 aliphatic heterocycles. The molecular formula is C24H32O2. The second kappa shape index (κ2) is 6.27. The van der Waals surface area contributed by atoms with E-state index >= 15 is 0 Å². The molecule has 26 heavy (non-hydrogen) atoms. The molecule has 2 heteroatoms. The number of hydrogen-bond acceptors (Lipinski definition) is 2. The van der Waals surface area contributed by atoms with Crippen LogP contribution < -0.4 is 4.74 Å². The number of hydrogen-bond donors (Lipinski definition) is 0. The lowest BCUT2D eigenvalue weighted by Gasteiger charge is -2.47. The highest BCUT2D eigenvalue weighted by molar-refractivity contribution is 5.62. The Kier molecular flexibility index (Phi) is 4.30. The maximum atomic E-state index is 6.55. The first-order valence-corrected chi connectivity index (χ1v) is 10.1. The van der Waals surface area contributed by atoms with Crippen LogP contribution in [0.3, 0.4) is 0 Å². The molecule has 3 aliphatic carbocycles. The number of benzene rings is 1. The zero-order valence-corrected chi connectivity index (χ0v) is 16.8. The van der Waals surface area contributed by atoms with Crippen LogP contribution in [0, 0.1) is 17.3 Å². The Morgan fingerprint density at radius 2 is 1.96 bits per heavy atom. The summed E-state index contributed by atoms with van der Waals surface area (Å²) in [7, 11) is 1.74. The summed E-state index contributed by atoms with van der Waals surface area (Å²) in [5.74, 6) is 2.67. The fourth-order valence-corrected chi connectivity index (χ4v) is 5.66. The van der Waals surface area contributed by atoms with Gasteiger partial charge >= 0.3 is 0 Å². The molecule has 0 aromatic heterocycles. The van der Waals surface area contributed by atoms with Gasteiger partial charge in [-0.05, 0) is 75.1 Å². The Labute approximate surface area is 158 Å². The highest BCUT2D eigenvalue weighted by atomic mass is 16.5. The molecule has 1 aromatic carbocycles. The van der Waals surface area contributed by atoms with Crippen molar-refractivity contribution in [3.8, 4) is 5.75 Å². The summed E-state index contributed by atoms with van der Waals surface area (Å²) in [6, 6.07) is 6.53. The maximum Gasteiger partial charge on any atom is 0.119 e. The van der Waals surface area contributed by atoms with Crippen molar-refractivity contribution in [1.82, 2.24) is 0 Å². The number of fused-ring (bicyclic) bond motifs is 5. The third-order valence-electron chi connectivity index (χ3n) is 6.78. The van der Waals surface area contributed by atoms with Crippen LogP contribution in [0.15, 0.2) is 36.4 Å². The fourth-order valence-electron chi connectivity index (χ4n) is 5.66. The predicted octanol–water partition coefficient (Wildman–Crippen LogP) is 5.98. The van der Waals surface area contributed by atoms with E-state index in [-0.39, 0.29) is 11.0 Å². The molecule has 0 spiro atoms. The van der Waals surface area contributed by atoms with Crippen molar-refractivity contribution in [3.05, 3.63) is 47.6 Å². The van der Waals surface area contributed by atoms with Crippen molar-refractivity contribution >= 4 is 6.08 Å². The Balaban J connectivity index is 1.71. The molecule has 140 valence electrons. The molecule has 1 saturated carbocycles. The normalized spacial score (nSPS) is 35.0. The average molecular weight is 353 g/mol. The number of rotatable bonds is 3. The van der Waals surface area contributed by atoms with Gasteiger partial charge in [0, 0.05) is 11.3 Å². The minimum absolute atomic E-state index is 0.0853. The smallest absolute Gasteiger partial charge is 0.119 e. The van der Waals surface area contributed by atoms with Crippen LogP contribution in [-0.2, 0) is 4.74 Å². The van der Waals surface area contributed by atoms with Crippen LogP contribution in [0.5, 0.6) is 5.75 Å². The van der Waals surface area contributed by atoms with Crippen LogP contribution in [0.1, 0.15) is 64.0 Å². The zero-order chi connectivity index (χ0) is 18.5. The summed E-state index contributed by atoms with van der Waals surface area (Å²) in [5.41, 5.74) is 2.85. The zero-order valence-electron chi connectivity index (χ0n) is 16.8. The molecule has 0 amide bonds. The molecule has 1 fully saturated rings. The van der Waals surface area contributed by atoms with Crippen molar-refractivity contribution in [1.29, 1.82) is 0 Å². The Morgan fingerprint density at radius 1 is 1.15 bits per heavy atom. The summed E-state index contributed by atoms with van der Waals surface area (Å²) in [4.78, 5) is 0. The number of allylic oxidation sites excluding steroid dienone is 2. The molecule has 5 atom stereocenters. The van der Waals surface area contributed by atoms with E-state index in [0.717, 1.165) is 12.2 Å². The standard InChI is InChI=1S/C24H32O2/c1-6-24-14-13-19-18-10-8-17(25-5)15-16(18)7-9-20(19)21(24)11-12-22(24)26-23(2,3)4/h7-10,13-15,19-22H,6,11-12H2,1-5H3/t19-,20+,21-,22-,24-/m0/s1. The van der Waals surface area contributed by atoms with Crippen LogP contribution in [0.25, 0.3) is 6.08 Å². The highest BCUT2D eigenvalue weighted by Crippen LogP contribution is 2.59. The molecule has 0 bridgehead atoms. The van der Waals surface area contributed by atoms with Gasteiger partial charge in [-0.15, -0.1) is 0 Å². The first-order valence-electron chi connectivity index (χ1n) is 10.1. The van der Waals surface area contributed by atoms with Gasteiger partial charge in [-0.3, -0.25) is 0 Å². The SMILES string of the molecule is CC[C@]12C=C[C@H]3c4ccc(OC)cc4C=C[C@H]3[C@@H]1CC[C@@H]2OC(C)(C)C. The average Bonchev–Trinajstić information content (AvgIpc) is 2.98. The summed E-state index contributed by atoms with van der Waals surface area (Å²) >= 11 is 0. The molecular weight excluding hydrogens is 320 g/mol. The fraction of sp³-hybridized carbons (Fsp3) is 0.583. The molecule has 2 nitrogen and oxygen atoms in total. The van der Waals surface area contributed by atoms with Gasteiger partial charge in [-0.1, -0.05) is 37.3 Å². The quantitative estimate of drug-likeness (QED) is 0.623. The monoisotopic (exact) mass is 352 g/mol. The van der Waals surface area contributed by atoms with Crippen molar-refractivity contribution in [3.63, 3.8) is 0 Å². The summed E-state index contributed by atoms with van der Waals surface area (Å²) in [5, 5.41) is 0. The van der Waals surface area contributed by atoms with E-state index in [9.17, 15) is 0 Å². The Hall–Kier alpha value is -1.54. The van der Waals surface area contributed by atoms with Crippen LogP contribution in [0.2, 0.25) is 0 Å². The highest BCUT2D eigenvalue weighted by Gasteiger charge is 2.54. The minimum atomic E-state index is -0.0853. The lowest BCUT2D eigenvalue weighted by molar-refractivity contribution is -0.105. The lowest BCUT2D eigenvalue weighted by Crippen LogP contribution is -2.44. The molecule has 0 N–H and O–H groups in total. The molecule has 1 aromatic rings. The minimum Gasteiger partial charge on any atom is -0.497 e. The van der Waals surface area contributed by atoms with E-state index in [0.29, 0.717) is 23.9 Å². The van der Waals surface area contributed by atoms with Gasteiger partial charge in [0.1, 0.15) is 5.75 Å². The first-order chi connectivity index (χ1) is 12.4.